The third-order valence-corrected chi connectivity index (χ3v) is 5.72. The molecule has 0 saturated carbocycles. The molecule has 2 aromatic rings. The van der Waals surface area contributed by atoms with Crippen molar-refractivity contribution in [3.63, 3.8) is 0 Å². The summed E-state index contributed by atoms with van der Waals surface area (Å²) >= 11 is 0. The van der Waals surface area contributed by atoms with E-state index in [0.717, 1.165) is 51.1 Å². The van der Waals surface area contributed by atoms with E-state index >= 15 is 0 Å². The molecule has 0 N–H and O–H groups in total. The Kier molecular flexibility index (Phi) is 5.25. The van der Waals surface area contributed by atoms with Gasteiger partial charge in [-0.1, -0.05) is 6.07 Å². The molecule has 2 saturated heterocycles. The van der Waals surface area contributed by atoms with Gasteiger partial charge in [0, 0.05) is 69.3 Å². The molecule has 4 rings (SSSR count). The van der Waals surface area contributed by atoms with Crippen LogP contribution in [0.25, 0.3) is 0 Å². The lowest BCUT2D eigenvalue weighted by Gasteiger charge is -2.47. The van der Waals surface area contributed by atoms with Gasteiger partial charge in [-0.2, -0.15) is 0 Å². The van der Waals surface area contributed by atoms with Gasteiger partial charge in [-0.05, 0) is 48.6 Å². The number of likely N-dealkylation sites (tertiary alicyclic amines) is 2. The van der Waals surface area contributed by atoms with Crippen molar-refractivity contribution in [1.82, 2.24) is 19.8 Å². The Bertz CT molecular complexity index is 721. The third kappa shape index (κ3) is 3.93. The number of amides is 1. The van der Waals surface area contributed by atoms with Crippen LogP contribution in [0.4, 0.5) is 0 Å². The molecular weight excluding hydrogens is 324 g/mol. The lowest BCUT2D eigenvalue weighted by Crippen LogP contribution is -2.56. The van der Waals surface area contributed by atoms with E-state index in [1.807, 2.05) is 36.8 Å². The first kappa shape index (κ1) is 17.2. The first-order valence-corrected chi connectivity index (χ1v) is 9.60. The predicted octanol–water partition coefficient (Wildman–Crippen LogP) is 2.53. The number of pyridine rings is 2. The largest absolute Gasteiger partial charge is 0.339 e. The number of fused-ring (bicyclic) bond motifs is 1. The highest BCUT2D eigenvalue weighted by atomic mass is 16.2. The molecular formula is C21H26N4O. The lowest BCUT2D eigenvalue weighted by atomic mass is 9.83. The maximum atomic E-state index is 12.5. The van der Waals surface area contributed by atoms with Crippen LogP contribution in [0.3, 0.4) is 0 Å². The SMILES string of the molecule is O=C1CC[C@@H]2CN(Cc3ccncc3)CC[C@@H]2N1CCc1ccccn1. The van der Waals surface area contributed by atoms with Crippen molar-refractivity contribution in [2.24, 2.45) is 5.92 Å². The number of rotatable bonds is 5. The van der Waals surface area contributed by atoms with E-state index in [4.69, 9.17) is 0 Å². The third-order valence-electron chi connectivity index (χ3n) is 5.72. The predicted molar refractivity (Wildman–Crippen MR) is 100 cm³/mol. The van der Waals surface area contributed by atoms with Crippen molar-refractivity contribution in [3.05, 3.63) is 60.2 Å². The van der Waals surface area contributed by atoms with Gasteiger partial charge >= 0.3 is 0 Å². The van der Waals surface area contributed by atoms with E-state index in [-0.39, 0.29) is 0 Å². The Morgan fingerprint density at radius 3 is 2.77 bits per heavy atom. The van der Waals surface area contributed by atoms with Crippen LogP contribution in [-0.4, -0.2) is 51.4 Å². The number of hydrogen-bond acceptors (Lipinski definition) is 4. The fourth-order valence-corrected chi connectivity index (χ4v) is 4.39. The molecule has 136 valence electrons. The van der Waals surface area contributed by atoms with Crippen molar-refractivity contribution in [3.8, 4) is 0 Å². The molecule has 0 bridgehead atoms. The number of hydrogen-bond donors (Lipinski definition) is 0. The van der Waals surface area contributed by atoms with Gasteiger partial charge in [0.1, 0.15) is 0 Å². The molecule has 5 nitrogen and oxygen atoms in total. The second-order valence-electron chi connectivity index (χ2n) is 7.40. The minimum absolute atomic E-state index is 0.324. The molecule has 1 amide bonds. The van der Waals surface area contributed by atoms with Crippen LogP contribution in [-0.2, 0) is 17.8 Å². The summed E-state index contributed by atoms with van der Waals surface area (Å²) in [5.41, 5.74) is 2.38. The zero-order valence-electron chi connectivity index (χ0n) is 15.1. The van der Waals surface area contributed by atoms with Crippen LogP contribution in [0.5, 0.6) is 0 Å². The van der Waals surface area contributed by atoms with Crippen LogP contribution >= 0.6 is 0 Å². The lowest BCUT2D eigenvalue weighted by molar-refractivity contribution is -0.141. The standard InChI is InChI=1S/C21H26N4O/c26-21-5-4-18-16-24(15-17-6-11-22-12-7-17)13-9-20(18)25(21)14-8-19-3-1-2-10-23-19/h1-3,6-7,10-12,18,20H,4-5,8-9,13-16H2/t18-,20+/m1/s1. The van der Waals surface area contributed by atoms with Crippen LogP contribution in [0.1, 0.15) is 30.5 Å². The second-order valence-corrected chi connectivity index (χ2v) is 7.40. The Morgan fingerprint density at radius 2 is 1.96 bits per heavy atom. The van der Waals surface area contributed by atoms with Gasteiger partial charge in [-0.25, -0.2) is 0 Å². The van der Waals surface area contributed by atoms with Gasteiger partial charge in [-0.15, -0.1) is 0 Å². The topological polar surface area (TPSA) is 49.3 Å². The number of carbonyl (C=O) groups excluding carboxylic acids is 1. The first-order chi connectivity index (χ1) is 12.8. The molecule has 4 heterocycles. The number of piperidine rings is 2. The summed E-state index contributed by atoms with van der Waals surface area (Å²) < 4.78 is 0. The minimum Gasteiger partial charge on any atom is -0.339 e. The van der Waals surface area contributed by atoms with E-state index in [2.05, 4.69) is 31.9 Å². The minimum atomic E-state index is 0.324. The molecule has 0 unspecified atom stereocenters. The second kappa shape index (κ2) is 7.96. The van der Waals surface area contributed by atoms with Crippen molar-refractivity contribution in [2.45, 2.75) is 38.3 Å². The highest BCUT2D eigenvalue weighted by Gasteiger charge is 2.38. The Balaban J connectivity index is 1.37. The van der Waals surface area contributed by atoms with E-state index < -0.39 is 0 Å². The molecule has 2 aliphatic rings. The average Bonchev–Trinajstić information content (AvgIpc) is 2.69. The van der Waals surface area contributed by atoms with Crippen molar-refractivity contribution in [2.75, 3.05) is 19.6 Å². The molecule has 2 aromatic heterocycles. The van der Waals surface area contributed by atoms with Crippen molar-refractivity contribution < 1.29 is 4.79 Å². The summed E-state index contributed by atoms with van der Waals surface area (Å²) in [5, 5.41) is 0. The van der Waals surface area contributed by atoms with Gasteiger partial charge in [0.05, 0.1) is 0 Å². The molecule has 2 atom stereocenters. The van der Waals surface area contributed by atoms with Crippen LogP contribution in [0.2, 0.25) is 0 Å². The Labute approximate surface area is 155 Å². The van der Waals surface area contributed by atoms with Crippen molar-refractivity contribution in [1.29, 1.82) is 0 Å². The first-order valence-electron chi connectivity index (χ1n) is 9.60. The van der Waals surface area contributed by atoms with Gasteiger partial charge in [0.2, 0.25) is 5.91 Å². The van der Waals surface area contributed by atoms with E-state index in [9.17, 15) is 4.79 Å². The Hall–Kier alpha value is -2.27. The summed E-state index contributed by atoms with van der Waals surface area (Å²) in [6, 6.07) is 10.6. The van der Waals surface area contributed by atoms with Crippen LogP contribution in [0, 0.1) is 5.92 Å². The molecule has 2 aliphatic heterocycles. The molecule has 0 aromatic carbocycles. The van der Waals surface area contributed by atoms with Gasteiger partial charge < -0.3 is 4.90 Å². The van der Waals surface area contributed by atoms with Crippen molar-refractivity contribution >= 4 is 5.91 Å². The quantitative estimate of drug-likeness (QED) is 0.831. The van der Waals surface area contributed by atoms with Crippen LogP contribution in [0.15, 0.2) is 48.9 Å². The normalized spacial score (nSPS) is 23.7. The van der Waals surface area contributed by atoms with Gasteiger partial charge in [0.15, 0.2) is 0 Å². The van der Waals surface area contributed by atoms with Crippen LogP contribution < -0.4 is 0 Å². The zero-order valence-corrected chi connectivity index (χ0v) is 15.1. The van der Waals surface area contributed by atoms with Gasteiger partial charge in [-0.3, -0.25) is 19.7 Å². The van der Waals surface area contributed by atoms with E-state index in [1.165, 1.54) is 5.56 Å². The van der Waals surface area contributed by atoms with E-state index in [0.29, 0.717) is 24.3 Å². The molecule has 0 aliphatic carbocycles. The van der Waals surface area contributed by atoms with E-state index in [1.54, 1.807) is 0 Å². The maximum Gasteiger partial charge on any atom is 0.222 e. The maximum absolute atomic E-state index is 12.5. The highest BCUT2D eigenvalue weighted by molar-refractivity contribution is 5.77. The molecule has 0 radical (unpaired) electrons. The van der Waals surface area contributed by atoms with Gasteiger partial charge in [0.25, 0.3) is 0 Å². The monoisotopic (exact) mass is 350 g/mol. The summed E-state index contributed by atoms with van der Waals surface area (Å²) in [7, 11) is 0. The molecule has 0 spiro atoms. The summed E-state index contributed by atoms with van der Waals surface area (Å²) in [4.78, 5) is 25.7. The summed E-state index contributed by atoms with van der Waals surface area (Å²) in [5.74, 6) is 0.914. The smallest absolute Gasteiger partial charge is 0.222 e. The average molecular weight is 350 g/mol. The molecule has 26 heavy (non-hydrogen) atoms. The molecule has 2 fully saturated rings. The zero-order chi connectivity index (χ0) is 17.8. The number of carbonyl (C=O) groups is 1. The highest BCUT2D eigenvalue weighted by Crippen LogP contribution is 2.32. The Morgan fingerprint density at radius 1 is 1.08 bits per heavy atom. The summed E-state index contributed by atoms with van der Waals surface area (Å²) in [6.45, 7) is 3.91. The fourth-order valence-electron chi connectivity index (χ4n) is 4.39. The number of nitrogens with zero attached hydrogens (tertiary/aromatic N) is 4. The number of aromatic nitrogens is 2. The molecule has 5 heteroatoms. The fraction of sp³-hybridized carbons (Fsp3) is 0.476. The summed E-state index contributed by atoms with van der Waals surface area (Å²) in [6.07, 6.45) is 9.18.